The second-order valence-corrected chi connectivity index (χ2v) is 7.15. The first-order chi connectivity index (χ1) is 9.36. The van der Waals surface area contributed by atoms with E-state index in [1.807, 2.05) is 25.8 Å². The highest BCUT2D eigenvalue weighted by molar-refractivity contribution is 7.20. The predicted octanol–water partition coefficient (Wildman–Crippen LogP) is 4.99. The number of carbonyl (C=O) groups is 1. The molecule has 0 amide bonds. The van der Waals surface area contributed by atoms with Gasteiger partial charge >= 0.3 is 0 Å². The van der Waals surface area contributed by atoms with Crippen LogP contribution in [-0.4, -0.2) is 19.4 Å². The van der Waals surface area contributed by atoms with Gasteiger partial charge in [-0.05, 0) is 43.2 Å². The maximum atomic E-state index is 12.3. The van der Waals surface area contributed by atoms with Crippen LogP contribution in [0.1, 0.15) is 21.5 Å². The minimum absolute atomic E-state index is 0.0280. The highest BCUT2D eigenvalue weighted by Crippen LogP contribution is 2.31. The lowest BCUT2D eigenvalue weighted by Crippen LogP contribution is -2.25. The summed E-state index contributed by atoms with van der Waals surface area (Å²) in [6, 6.07) is 7.85. The van der Waals surface area contributed by atoms with E-state index in [-0.39, 0.29) is 12.3 Å². The molecule has 0 spiro atoms. The molecule has 0 atom stereocenters. The fraction of sp³-hybridized carbons (Fsp3) is 0.267. The highest BCUT2D eigenvalue weighted by atomic mass is 35.5. The van der Waals surface area contributed by atoms with E-state index in [4.69, 9.17) is 23.2 Å². The molecule has 5 heteroatoms. The van der Waals surface area contributed by atoms with Gasteiger partial charge in [0.05, 0.1) is 16.4 Å². The average molecular weight is 328 g/mol. The van der Waals surface area contributed by atoms with Crippen molar-refractivity contribution in [3.05, 3.63) is 49.6 Å². The molecule has 0 bridgehead atoms. The molecule has 20 heavy (non-hydrogen) atoms. The number of Topliss-reactive ketones (excluding diaryl/α,β-unsaturated/α-hetero) is 1. The summed E-state index contributed by atoms with van der Waals surface area (Å²) in [5, 5.41) is 0. The SMILES string of the molecule is Cc1cc(C)cc(N(C)CC(=O)c2cc(Cl)sc2Cl)c1. The molecule has 0 aliphatic carbocycles. The Hall–Kier alpha value is -1.03. The quantitative estimate of drug-likeness (QED) is 0.737. The Morgan fingerprint density at radius 3 is 2.25 bits per heavy atom. The van der Waals surface area contributed by atoms with Gasteiger partial charge in [-0.25, -0.2) is 0 Å². The first kappa shape index (κ1) is 15.4. The lowest BCUT2D eigenvalue weighted by Gasteiger charge is -2.19. The second-order valence-electron chi connectivity index (χ2n) is 4.86. The number of aryl methyl sites for hydroxylation is 2. The van der Waals surface area contributed by atoms with E-state index >= 15 is 0 Å². The third kappa shape index (κ3) is 3.54. The van der Waals surface area contributed by atoms with Crippen molar-refractivity contribution in [3.8, 4) is 0 Å². The molecule has 2 nitrogen and oxygen atoms in total. The van der Waals surface area contributed by atoms with Gasteiger partial charge in [0.1, 0.15) is 4.34 Å². The molecule has 0 aliphatic rings. The van der Waals surface area contributed by atoms with Crippen LogP contribution in [0.3, 0.4) is 0 Å². The monoisotopic (exact) mass is 327 g/mol. The van der Waals surface area contributed by atoms with Gasteiger partial charge in [0.25, 0.3) is 0 Å². The summed E-state index contributed by atoms with van der Waals surface area (Å²) in [6.45, 7) is 4.36. The number of anilines is 1. The normalized spacial score (nSPS) is 10.7. The zero-order chi connectivity index (χ0) is 14.9. The zero-order valence-electron chi connectivity index (χ0n) is 11.5. The first-order valence-corrected chi connectivity index (χ1v) is 7.71. The van der Waals surface area contributed by atoms with Crippen LogP contribution in [0, 0.1) is 13.8 Å². The number of benzene rings is 1. The van der Waals surface area contributed by atoms with E-state index in [2.05, 4.69) is 18.2 Å². The van der Waals surface area contributed by atoms with Crippen LogP contribution in [0.25, 0.3) is 0 Å². The summed E-state index contributed by atoms with van der Waals surface area (Å²) in [6.07, 6.45) is 0. The van der Waals surface area contributed by atoms with E-state index in [1.165, 1.54) is 22.5 Å². The Kier molecular flexibility index (Phi) is 4.74. The van der Waals surface area contributed by atoms with E-state index in [9.17, 15) is 4.79 Å². The molecule has 0 saturated heterocycles. The predicted molar refractivity (Wildman–Crippen MR) is 87.9 cm³/mol. The Morgan fingerprint density at radius 2 is 1.75 bits per heavy atom. The molecule has 0 unspecified atom stereocenters. The topological polar surface area (TPSA) is 20.3 Å². The number of hydrogen-bond donors (Lipinski definition) is 0. The summed E-state index contributed by atoms with van der Waals surface area (Å²) in [4.78, 5) is 14.2. The molecule has 0 saturated carbocycles. The molecular weight excluding hydrogens is 313 g/mol. The molecule has 106 valence electrons. The first-order valence-electron chi connectivity index (χ1n) is 6.14. The van der Waals surface area contributed by atoms with Crippen molar-refractivity contribution in [1.82, 2.24) is 0 Å². The standard InChI is InChI=1S/C15H15Cl2NOS/c1-9-4-10(2)6-11(5-9)18(3)8-13(19)12-7-14(16)20-15(12)17/h4-7H,8H2,1-3H3. The van der Waals surface area contributed by atoms with Crippen LogP contribution < -0.4 is 4.90 Å². The summed E-state index contributed by atoms with van der Waals surface area (Å²) in [5.74, 6) is -0.0280. The molecule has 2 aromatic rings. The Bertz CT molecular complexity index is 631. The number of ketones is 1. The summed E-state index contributed by atoms with van der Waals surface area (Å²) >= 11 is 13.1. The van der Waals surface area contributed by atoms with Crippen LogP contribution in [0.2, 0.25) is 8.67 Å². The van der Waals surface area contributed by atoms with Crippen LogP contribution >= 0.6 is 34.5 Å². The van der Waals surface area contributed by atoms with Gasteiger partial charge in [0, 0.05) is 12.7 Å². The van der Waals surface area contributed by atoms with Crippen molar-refractivity contribution >= 4 is 46.0 Å². The van der Waals surface area contributed by atoms with Crippen molar-refractivity contribution in [2.75, 3.05) is 18.5 Å². The third-order valence-electron chi connectivity index (χ3n) is 2.99. The lowest BCUT2D eigenvalue weighted by atomic mass is 10.1. The van der Waals surface area contributed by atoms with E-state index < -0.39 is 0 Å². The second kappa shape index (κ2) is 6.17. The number of nitrogens with zero attached hydrogens (tertiary/aromatic N) is 1. The van der Waals surface area contributed by atoms with Crippen molar-refractivity contribution in [3.63, 3.8) is 0 Å². The van der Waals surface area contributed by atoms with Crippen molar-refractivity contribution < 1.29 is 4.79 Å². The number of hydrogen-bond acceptors (Lipinski definition) is 3. The van der Waals surface area contributed by atoms with Gasteiger partial charge in [0.2, 0.25) is 0 Å². The van der Waals surface area contributed by atoms with Crippen molar-refractivity contribution in [2.45, 2.75) is 13.8 Å². The molecular formula is C15H15Cl2NOS. The maximum absolute atomic E-state index is 12.3. The van der Waals surface area contributed by atoms with E-state index in [0.717, 1.165) is 5.69 Å². The number of thiophene rings is 1. The van der Waals surface area contributed by atoms with Crippen LogP contribution in [-0.2, 0) is 0 Å². The molecule has 1 heterocycles. The van der Waals surface area contributed by atoms with E-state index in [0.29, 0.717) is 14.2 Å². The number of likely N-dealkylation sites (N-methyl/N-ethyl adjacent to an activating group) is 1. The Labute approximate surface area is 132 Å². The van der Waals surface area contributed by atoms with Gasteiger partial charge in [-0.3, -0.25) is 4.79 Å². The fourth-order valence-corrected chi connectivity index (χ4v) is 3.59. The Morgan fingerprint density at radius 1 is 1.15 bits per heavy atom. The van der Waals surface area contributed by atoms with Gasteiger partial charge in [0.15, 0.2) is 5.78 Å². The number of rotatable bonds is 4. The van der Waals surface area contributed by atoms with Crippen LogP contribution in [0.4, 0.5) is 5.69 Å². The van der Waals surface area contributed by atoms with Crippen LogP contribution in [0.15, 0.2) is 24.3 Å². The molecule has 0 radical (unpaired) electrons. The smallest absolute Gasteiger partial charge is 0.184 e. The van der Waals surface area contributed by atoms with Crippen molar-refractivity contribution in [2.24, 2.45) is 0 Å². The van der Waals surface area contributed by atoms with Gasteiger partial charge < -0.3 is 4.90 Å². The van der Waals surface area contributed by atoms with E-state index in [1.54, 1.807) is 6.07 Å². The molecule has 2 rings (SSSR count). The summed E-state index contributed by atoms with van der Waals surface area (Å²) in [5.41, 5.74) is 3.87. The van der Waals surface area contributed by atoms with Crippen LogP contribution in [0.5, 0.6) is 0 Å². The van der Waals surface area contributed by atoms with Gasteiger partial charge in [-0.15, -0.1) is 11.3 Å². The molecule has 1 aromatic carbocycles. The minimum Gasteiger partial charge on any atom is -0.367 e. The third-order valence-corrected chi connectivity index (χ3v) is 4.47. The highest BCUT2D eigenvalue weighted by Gasteiger charge is 2.16. The largest absolute Gasteiger partial charge is 0.367 e. The lowest BCUT2D eigenvalue weighted by molar-refractivity contribution is 0.100. The molecule has 0 fully saturated rings. The van der Waals surface area contributed by atoms with Gasteiger partial charge in [-0.2, -0.15) is 0 Å². The molecule has 0 aliphatic heterocycles. The molecule has 0 N–H and O–H groups in total. The number of carbonyl (C=O) groups excluding carboxylic acids is 1. The average Bonchev–Trinajstić information content (AvgIpc) is 2.67. The zero-order valence-corrected chi connectivity index (χ0v) is 13.9. The Balaban J connectivity index is 2.17. The van der Waals surface area contributed by atoms with Gasteiger partial charge in [-0.1, -0.05) is 29.3 Å². The maximum Gasteiger partial charge on any atom is 0.184 e. The van der Waals surface area contributed by atoms with Crippen molar-refractivity contribution in [1.29, 1.82) is 0 Å². The fourth-order valence-electron chi connectivity index (χ4n) is 2.09. The number of halogens is 2. The molecule has 1 aromatic heterocycles. The summed E-state index contributed by atoms with van der Waals surface area (Å²) in [7, 11) is 1.90. The summed E-state index contributed by atoms with van der Waals surface area (Å²) < 4.78 is 0.987. The minimum atomic E-state index is -0.0280.